The lowest BCUT2D eigenvalue weighted by atomic mass is 10.1. The second-order valence-electron chi connectivity index (χ2n) is 5.57. The number of hydrogen-bond donors (Lipinski definition) is 1. The molecule has 144 valence electrons. The van der Waals surface area contributed by atoms with E-state index in [4.69, 9.17) is 27.9 Å². The summed E-state index contributed by atoms with van der Waals surface area (Å²) in [7, 11) is 1.21. The van der Waals surface area contributed by atoms with E-state index >= 15 is 0 Å². The fourth-order valence-electron chi connectivity index (χ4n) is 2.53. The molecule has 9 heteroatoms. The Morgan fingerprint density at radius 3 is 2.39 bits per heavy atom. The number of nitrogens with zero attached hydrogens (tertiary/aromatic N) is 2. The van der Waals surface area contributed by atoms with Crippen LogP contribution in [0.15, 0.2) is 48.5 Å². The number of ether oxygens (including phenoxy) is 2. The van der Waals surface area contributed by atoms with Crippen molar-refractivity contribution in [2.24, 2.45) is 0 Å². The summed E-state index contributed by atoms with van der Waals surface area (Å²) >= 11 is 12.3. The highest BCUT2D eigenvalue weighted by molar-refractivity contribution is 6.32. The van der Waals surface area contributed by atoms with Crippen LogP contribution in [0.2, 0.25) is 10.0 Å². The lowest BCUT2D eigenvalue weighted by molar-refractivity contribution is -0.142. The number of esters is 1. The average molecular weight is 421 g/mol. The molecule has 1 aromatic heterocycles. The van der Waals surface area contributed by atoms with Crippen LogP contribution in [0.1, 0.15) is 10.5 Å². The number of carboxylic acids is 1. The summed E-state index contributed by atoms with van der Waals surface area (Å²) in [6.07, 6.45) is 0. The van der Waals surface area contributed by atoms with E-state index in [2.05, 4.69) is 9.84 Å². The number of aromatic carboxylic acids is 1. The molecule has 0 amide bonds. The van der Waals surface area contributed by atoms with Gasteiger partial charge in [0.05, 0.1) is 17.8 Å². The van der Waals surface area contributed by atoms with Crippen molar-refractivity contribution < 1.29 is 24.2 Å². The molecule has 0 aliphatic carbocycles. The van der Waals surface area contributed by atoms with E-state index in [0.717, 1.165) is 0 Å². The minimum Gasteiger partial charge on any atom is -0.477 e. The van der Waals surface area contributed by atoms with Crippen molar-refractivity contribution in [2.75, 3.05) is 13.7 Å². The first-order valence-corrected chi connectivity index (χ1v) is 8.74. The van der Waals surface area contributed by atoms with Gasteiger partial charge in [0.15, 0.2) is 12.4 Å². The van der Waals surface area contributed by atoms with Gasteiger partial charge in [0.1, 0.15) is 5.69 Å². The van der Waals surface area contributed by atoms with Crippen molar-refractivity contribution in [2.45, 2.75) is 0 Å². The summed E-state index contributed by atoms with van der Waals surface area (Å²) in [5.74, 6) is -2.06. The number of carboxylic acid groups (broad SMARTS) is 1. The molecule has 0 saturated carbocycles. The number of aromatic nitrogens is 2. The maximum Gasteiger partial charge on any atom is 0.360 e. The monoisotopic (exact) mass is 420 g/mol. The first-order valence-electron chi connectivity index (χ1n) is 7.99. The molecule has 0 spiro atoms. The predicted octanol–water partition coefficient (Wildman–Crippen LogP) is 4.10. The zero-order chi connectivity index (χ0) is 20.3. The summed E-state index contributed by atoms with van der Waals surface area (Å²) in [5.41, 5.74) is 0.966. The zero-order valence-corrected chi connectivity index (χ0v) is 16.1. The van der Waals surface area contributed by atoms with E-state index in [-0.39, 0.29) is 11.4 Å². The Balaban J connectivity index is 2.26. The zero-order valence-electron chi connectivity index (χ0n) is 14.6. The van der Waals surface area contributed by atoms with Crippen molar-refractivity contribution in [1.29, 1.82) is 0 Å². The highest BCUT2D eigenvalue weighted by Gasteiger charge is 2.27. The van der Waals surface area contributed by atoms with Crippen LogP contribution in [-0.2, 0) is 9.53 Å². The van der Waals surface area contributed by atoms with Gasteiger partial charge < -0.3 is 14.6 Å². The van der Waals surface area contributed by atoms with Gasteiger partial charge in [-0.05, 0) is 24.3 Å². The van der Waals surface area contributed by atoms with Gasteiger partial charge in [0, 0.05) is 10.6 Å². The van der Waals surface area contributed by atoms with Crippen molar-refractivity contribution in [3.8, 4) is 22.7 Å². The van der Waals surface area contributed by atoms with Crippen LogP contribution in [0, 0.1) is 0 Å². The van der Waals surface area contributed by atoms with Crippen LogP contribution >= 0.6 is 23.2 Å². The van der Waals surface area contributed by atoms with Gasteiger partial charge in [-0.3, -0.25) is 0 Å². The minimum absolute atomic E-state index is 0.0832. The lowest BCUT2D eigenvalue weighted by Crippen LogP contribution is -2.14. The second kappa shape index (κ2) is 8.33. The summed E-state index contributed by atoms with van der Waals surface area (Å²) in [6, 6.07) is 13.5. The third-order valence-corrected chi connectivity index (χ3v) is 4.38. The molecule has 28 heavy (non-hydrogen) atoms. The van der Waals surface area contributed by atoms with Crippen LogP contribution in [-0.4, -0.2) is 40.5 Å². The van der Waals surface area contributed by atoms with Gasteiger partial charge >= 0.3 is 11.9 Å². The van der Waals surface area contributed by atoms with Crippen molar-refractivity contribution in [1.82, 2.24) is 9.78 Å². The summed E-state index contributed by atoms with van der Waals surface area (Å²) in [4.78, 5) is 23.3. The van der Waals surface area contributed by atoms with E-state index in [9.17, 15) is 14.7 Å². The first kappa shape index (κ1) is 19.7. The molecule has 0 fully saturated rings. The number of para-hydroxylation sites is 1. The molecule has 0 saturated heterocycles. The smallest absolute Gasteiger partial charge is 0.360 e. The predicted molar refractivity (Wildman–Crippen MR) is 103 cm³/mol. The maximum absolute atomic E-state index is 11.8. The Kier molecular flexibility index (Phi) is 5.87. The standard InChI is InChI=1S/C19H14Cl2N2O5/c1-27-15(24)10-28-18-16(19(25)26)22-23(14-5-3-2-4-13(14)21)17(18)11-6-8-12(20)9-7-11/h2-9H,10H2,1H3,(H,25,26). The van der Waals surface area contributed by atoms with Crippen LogP contribution in [0.3, 0.4) is 0 Å². The maximum atomic E-state index is 11.8. The minimum atomic E-state index is -1.32. The summed E-state index contributed by atoms with van der Waals surface area (Å²) < 4.78 is 11.4. The Labute approximate surface area is 170 Å². The molecule has 0 bridgehead atoms. The van der Waals surface area contributed by atoms with Crippen molar-refractivity contribution in [3.05, 3.63) is 64.3 Å². The number of benzene rings is 2. The van der Waals surface area contributed by atoms with E-state index < -0.39 is 18.5 Å². The molecule has 1 N–H and O–H groups in total. The molecule has 2 aromatic carbocycles. The van der Waals surface area contributed by atoms with Crippen molar-refractivity contribution >= 4 is 35.1 Å². The van der Waals surface area contributed by atoms with Gasteiger partial charge in [-0.1, -0.05) is 47.5 Å². The summed E-state index contributed by atoms with van der Waals surface area (Å²) in [6.45, 7) is -0.481. The molecule has 0 aliphatic heterocycles. The third-order valence-electron chi connectivity index (χ3n) is 3.80. The molecule has 7 nitrogen and oxygen atoms in total. The molecular formula is C19H14Cl2N2O5. The largest absolute Gasteiger partial charge is 0.477 e. The molecule has 3 rings (SSSR count). The van der Waals surface area contributed by atoms with Crippen LogP contribution < -0.4 is 4.74 Å². The number of carbonyl (C=O) groups is 2. The fourth-order valence-corrected chi connectivity index (χ4v) is 2.87. The van der Waals surface area contributed by atoms with Gasteiger partial charge in [-0.25, -0.2) is 14.3 Å². The molecule has 3 aromatic rings. The van der Waals surface area contributed by atoms with E-state index in [1.54, 1.807) is 48.5 Å². The average Bonchev–Trinajstić information content (AvgIpc) is 3.06. The van der Waals surface area contributed by atoms with Crippen LogP contribution in [0.4, 0.5) is 0 Å². The van der Waals surface area contributed by atoms with Crippen LogP contribution in [0.25, 0.3) is 16.9 Å². The van der Waals surface area contributed by atoms with Gasteiger partial charge in [-0.2, -0.15) is 5.10 Å². The van der Waals surface area contributed by atoms with E-state index in [1.165, 1.54) is 11.8 Å². The number of methoxy groups -OCH3 is 1. The number of rotatable bonds is 6. The Morgan fingerprint density at radius 1 is 1.11 bits per heavy atom. The Bertz CT molecular complexity index is 1030. The van der Waals surface area contributed by atoms with Gasteiger partial charge in [-0.15, -0.1) is 0 Å². The first-order chi connectivity index (χ1) is 13.4. The topological polar surface area (TPSA) is 90.7 Å². The highest BCUT2D eigenvalue weighted by Crippen LogP contribution is 2.37. The Morgan fingerprint density at radius 2 is 1.79 bits per heavy atom. The quantitative estimate of drug-likeness (QED) is 0.603. The SMILES string of the molecule is COC(=O)COc1c(C(=O)O)nn(-c2ccccc2Cl)c1-c1ccc(Cl)cc1. The molecule has 1 heterocycles. The number of hydrogen-bond acceptors (Lipinski definition) is 5. The third kappa shape index (κ3) is 3.95. The highest BCUT2D eigenvalue weighted by atomic mass is 35.5. The number of carbonyl (C=O) groups excluding carboxylic acids is 1. The molecule has 0 radical (unpaired) electrons. The normalized spacial score (nSPS) is 10.5. The van der Waals surface area contributed by atoms with Crippen molar-refractivity contribution in [3.63, 3.8) is 0 Å². The van der Waals surface area contributed by atoms with E-state index in [0.29, 0.717) is 27.0 Å². The lowest BCUT2D eigenvalue weighted by Gasteiger charge is -2.12. The molecule has 0 unspecified atom stereocenters. The Hall–Kier alpha value is -3.03. The fraction of sp³-hybridized carbons (Fsp3) is 0.105. The van der Waals surface area contributed by atoms with Gasteiger partial charge in [0.25, 0.3) is 0 Å². The van der Waals surface area contributed by atoms with E-state index in [1.807, 2.05) is 0 Å². The number of halogens is 2. The second-order valence-corrected chi connectivity index (χ2v) is 6.41. The molecular weight excluding hydrogens is 407 g/mol. The summed E-state index contributed by atoms with van der Waals surface area (Å²) in [5, 5.41) is 14.6. The molecule has 0 aliphatic rings. The van der Waals surface area contributed by atoms with Gasteiger partial charge in [0.2, 0.25) is 5.69 Å². The van der Waals surface area contributed by atoms with Crippen LogP contribution in [0.5, 0.6) is 5.75 Å². The molecule has 0 atom stereocenters.